The molecule has 0 fully saturated rings. The molecule has 0 bridgehead atoms. The van der Waals surface area contributed by atoms with E-state index in [9.17, 15) is 14.9 Å². The van der Waals surface area contributed by atoms with Crippen LogP contribution in [0, 0.1) is 10.1 Å². The summed E-state index contributed by atoms with van der Waals surface area (Å²) in [5, 5.41) is 10.6. The summed E-state index contributed by atoms with van der Waals surface area (Å²) < 4.78 is 4.70. The van der Waals surface area contributed by atoms with Crippen molar-refractivity contribution in [2.24, 2.45) is 0 Å². The van der Waals surface area contributed by atoms with Gasteiger partial charge in [-0.1, -0.05) is 30.4 Å². The number of allylic oxidation sites excluding steroid dienone is 2. The van der Waals surface area contributed by atoms with E-state index in [1.54, 1.807) is 31.2 Å². The highest BCUT2D eigenvalue weighted by atomic mass is 16.6. The van der Waals surface area contributed by atoms with Crippen molar-refractivity contribution < 1.29 is 14.5 Å². The van der Waals surface area contributed by atoms with Crippen molar-refractivity contribution in [2.75, 3.05) is 6.61 Å². The predicted molar refractivity (Wildman–Crippen MR) is 67.9 cm³/mol. The Balaban J connectivity index is 2.64. The summed E-state index contributed by atoms with van der Waals surface area (Å²) in [6, 6.07) is 6.22. The van der Waals surface area contributed by atoms with Crippen molar-refractivity contribution in [2.45, 2.75) is 6.92 Å². The van der Waals surface area contributed by atoms with E-state index in [4.69, 9.17) is 4.74 Å². The van der Waals surface area contributed by atoms with E-state index in [0.29, 0.717) is 12.2 Å². The molecule has 0 saturated carbocycles. The third kappa shape index (κ3) is 4.61. The molecule has 94 valence electrons. The quantitative estimate of drug-likeness (QED) is 0.264. The SMILES string of the molecule is CCOC(=O)/C=C/C=C/c1cccc([N+](=O)[O-])c1. The van der Waals surface area contributed by atoms with Gasteiger partial charge in [0.05, 0.1) is 11.5 Å². The van der Waals surface area contributed by atoms with Gasteiger partial charge in [0.1, 0.15) is 0 Å². The maximum absolute atomic E-state index is 11.0. The minimum Gasteiger partial charge on any atom is -0.463 e. The van der Waals surface area contributed by atoms with E-state index < -0.39 is 10.9 Å². The van der Waals surface area contributed by atoms with Crippen LogP contribution in [0.25, 0.3) is 6.08 Å². The molecule has 0 heterocycles. The lowest BCUT2D eigenvalue weighted by atomic mass is 10.2. The number of esters is 1. The molecule has 0 radical (unpaired) electrons. The molecule has 0 spiro atoms. The maximum atomic E-state index is 11.0. The van der Waals surface area contributed by atoms with E-state index in [-0.39, 0.29) is 5.69 Å². The Morgan fingerprint density at radius 1 is 1.44 bits per heavy atom. The Morgan fingerprint density at radius 3 is 2.89 bits per heavy atom. The number of benzene rings is 1. The van der Waals surface area contributed by atoms with E-state index in [1.165, 1.54) is 24.3 Å². The molecule has 1 rings (SSSR count). The number of non-ortho nitro benzene ring substituents is 1. The first-order valence-electron chi connectivity index (χ1n) is 5.39. The van der Waals surface area contributed by atoms with Crippen LogP contribution in [0.1, 0.15) is 12.5 Å². The van der Waals surface area contributed by atoms with Gasteiger partial charge in [0.15, 0.2) is 0 Å². The van der Waals surface area contributed by atoms with Crippen molar-refractivity contribution in [1.82, 2.24) is 0 Å². The number of rotatable bonds is 5. The average molecular weight is 247 g/mol. The van der Waals surface area contributed by atoms with Crippen molar-refractivity contribution in [3.63, 3.8) is 0 Å². The van der Waals surface area contributed by atoms with Gasteiger partial charge in [0, 0.05) is 18.2 Å². The van der Waals surface area contributed by atoms with Crippen LogP contribution >= 0.6 is 0 Å². The van der Waals surface area contributed by atoms with E-state index >= 15 is 0 Å². The summed E-state index contributed by atoms with van der Waals surface area (Å²) in [5.41, 5.74) is 0.726. The summed E-state index contributed by atoms with van der Waals surface area (Å²) in [6.07, 6.45) is 6.10. The second kappa shape index (κ2) is 7.01. The molecular weight excluding hydrogens is 234 g/mol. The molecular formula is C13H13NO4. The maximum Gasteiger partial charge on any atom is 0.330 e. The van der Waals surface area contributed by atoms with Gasteiger partial charge in [0.25, 0.3) is 5.69 Å². The van der Waals surface area contributed by atoms with Crippen LogP contribution in [-0.4, -0.2) is 17.5 Å². The number of nitro groups is 1. The van der Waals surface area contributed by atoms with Crippen LogP contribution in [0.5, 0.6) is 0 Å². The third-order valence-corrected chi connectivity index (χ3v) is 2.00. The van der Waals surface area contributed by atoms with Crippen LogP contribution in [0.4, 0.5) is 5.69 Å². The molecule has 0 aromatic heterocycles. The topological polar surface area (TPSA) is 69.4 Å². The number of carbonyl (C=O) groups excluding carboxylic acids is 1. The first kappa shape index (κ1) is 13.6. The minimum absolute atomic E-state index is 0.0338. The van der Waals surface area contributed by atoms with Gasteiger partial charge in [-0.15, -0.1) is 0 Å². The monoisotopic (exact) mass is 247 g/mol. The molecule has 0 atom stereocenters. The van der Waals surface area contributed by atoms with Crippen LogP contribution < -0.4 is 0 Å². The van der Waals surface area contributed by atoms with Crippen LogP contribution in [0.15, 0.2) is 42.5 Å². The summed E-state index contributed by atoms with van der Waals surface area (Å²) in [6.45, 7) is 2.06. The van der Waals surface area contributed by atoms with Gasteiger partial charge in [-0.05, 0) is 12.5 Å². The number of hydrogen-bond acceptors (Lipinski definition) is 4. The highest BCUT2D eigenvalue weighted by molar-refractivity contribution is 5.82. The normalized spacial score (nSPS) is 10.9. The molecule has 0 saturated heterocycles. The van der Waals surface area contributed by atoms with Gasteiger partial charge in [-0.3, -0.25) is 10.1 Å². The molecule has 0 amide bonds. The zero-order valence-electron chi connectivity index (χ0n) is 9.91. The Bertz CT molecular complexity index is 492. The second-order valence-electron chi connectivity index (χ2n) is 3.32. The van der Waals surface area contributed by atoms with Crippen molar-refractivity contribution in [3.8, 4) is 0 Å². The van der Waals surface area contributed by atoms with Gasteiger partial charge in [-0.25, -0.2) is 4.79 Å². The molecule has 18 heavy (non-hydrogen) atoms. The lowest BCUT2D eigenvalue weighted by Gasteiger charge is -1.94. The van der Waals surface area contributed by atoms with E-state index in [0.717, 1.165) is 0 Å². The smallest absolute Gasteiger partial charge is 0.330 e. The van der Waals surface area contributed by atoms with Gasteiger partial charge >= 0.3 is 5.97 Å². The number of carbonyl (C=O) groups is 1. The fourth-order valence-corrected chi connectivity index (χ4v) is 1.23. The Labute approximate surface area is 105 Å². The van der Waals surface area contributed by atoms with Crippen molar-refractivity contribution in [3.05, 3.63) is 58.2 Å². The highest BCUT2D eigenvalue weighted by Gasteiger charge is 2.03. The standard InChI is InChI=1S/C13H13NO4/c1-2-18-13(15)9-4-3-6-11-7-5-8-12(10-11)14(16)17/h3-10H,2H2,1H3/b6-3+,9-4+. The molecule has 1 aromatic rings. The summed E-state index contributed by atoms with van der Waals surface area (Å²) in [5.74, 6) is -0.416. The third-order valence-electron chi connectivity index (χ3n) is 2.00. The highest BCUT2D eigenvalue weighted by Crippen LogP contribution is 2.13. The molecule has 5 nitrogen and oxygen atoms in total. The van der Waals surface area contributed by atoms with Gasteiger partial charge < -0.3 is 4.74 Å². The Hall–Kier alpha value is -2.43. The van der Waals surface area contributed by atoms with Crippen molar-refractivity contribution >= 4 is 17.7 Å². The fraction of sp³-hybridized carbons (Fsp3) is 0.154. The first-order valence-corrected chi connectivity index (χ1v) is 5.39. The Kier molecular flexibility index (Phi) is 5.31. The van der Waals surface area contributed by atoms with Crippen LogP contribution in [0.2, 0.25) is 0 Å². The molecule has 0 aliphatic rings. The largest absolute Gasteiger partial charge is 0.463 e. The molecule has 5 heteroatoms. The zero-order valence-corrected chi connectivity index (χ0v) is 9.91. The van der Waals surface area contributed by atoms with Gasteiger partial charge in [-0.2, -0.15) is 0 Å². The summed E-state index contributed by atoms with van der Waals surface area (Å²) >= 11 is 0. The average Bonchev–Trinajstić information content (AvgIpc) is 2.35. The number of nitrogens with zero attached hydrogens (tertiary/aromatic N) is 1. The molecule has 1 aromatic carbocycles. The Morgan fingerprint density at radius 2 is 2.22 bits per heavy atom. The fourth-order valence-electron chi connectivity index (χ4n) is 1.23. The van der Waals surface area contributed by atoms with E-state index in [1.807, 2.05) is 0 Å². The van der Waals surface area contributed by atoms with Crippen LogP contribution in [-0.2, 0) is 9.53 Å². The number of nitro benzene ring substituents is 1. The van der Waals surface area contributed by atoms with Crippen molar-refractivity contribution in [1.29, 1.82) is 0 Å². The van der Waals surface area contributed by atoms with E-state index in [2.05, 4.69) is 0 Å². The zero-order chi connectivity index (χ0) is 13.4. The molecule has 0 N–H and O–H groups in total. The number of hydrogen-bond donors (Lipinski definition) is 0. The lowest BCUT2D eigenvalue weighted by molar-refractivity contribution is -0.384. The van der Waals surface area contributed by atoms with Crippen LogP contribution in [0.3, 0.4) is 0 Å². The molecule has 0 unspecified atom stereocenters. The van der Waals surface area contributed by atoms with Gasteiger partial charge in [0.2, 0.25) is 0 Å². The number of ether oxygens (including phenoxy) is 1. The second-order valence-corrected chi connectivity index (χ2v) is 3.32. The molecule has 0 aliphatic heterocycles. The summed E-state index contributed by atoms with van der Waals surface area (Å²) in [4.78, 5) is 21.1. The lowest BCUT2D eigenvalue weighted by Crippen LogP contribution is -1.98. The minimum atomic E-state index is -0.453. The summed E-state index contributed by atoms with van der Waals surface area (Å²) in [7, 11) is 0. The first-order chi connectivity index (χ1) is 8.63. The molecule has 0 aliphatic carbocycles. The predicted octanol–water partition coefficient (Wildman–Crippen LogP) is 2.73.